The van der Waals surface area contributed by atoms with Crippen LogP contribution in [0.2, 0.25) is 0 Å². The van der Waals surface area contributed by atoms with Crippen molar-refractivity contribution in [3.63, 3.8) is 0 Å². The van der Waals surface area contributed by atoms with Crippen molar-refractivity contribution in [3.05, 3.63) is 26.2 Å². The van der Waals surface area contributed by atoms with Crippen LogP contribution in [0.1, 0.15) is 5.56 Å². The lowest BCUT2D eigenvalue weighted by molar-refractivity contribution is -0.121. The van der Waals surface area contributed by atoms with E-state index < -0.39 is 0 Å². The van der Waals surface area contributed by atoms with E-state index in [1.54, 1.807) is 32.3 Å². The maximum atomic E-state index is 12.1. The standard InChI is InChI=1S/C13H13IN2O3S/c1-15-13-16(2)12(18)10(20-13)6-7-4-8(14)11(17)9(5-7)19-3/h4-6,17H,1-3H3/b10-6+,15-13?. The molecule has 1 amide bonds. The molecule has 1 aromatic carbocycles. The molecule has 0 aliphatic carbocycles. The second kappa shape index (κ2) is 6.04. The van der Waals surface area contributed by atoms with Gasteiger partial charge < -0.3 is 9.84 Å². The van der Waals surface area contributed by atoms with E-state index in [0.717, 1.165) is 5.56 Å². The molecule has 1 heterocycles. The van der Waals surface area contributed by atoms with Gasteiger partial charge in [0.2, 0.25) is 0 Å². The number of nitrogens with zero attached hydrogens (tertiary/aromatic N) is 2. The van der Waals surface area contributed by atoms with Gasteiger partial charge in [0, 0.05) is 14.1 Å². The number of rotatable bonds is 2. The molecule has 7 heteroatoms. The third-order valence-corrected chi connectivity index (χ3v) is 4.74. The molecule has 2 rings (SSSR count). The summed E-state index contributed by atoms with van der Waals surface area (Å²) in [4.78, 5) is 18.2. The molecule has 0 bridgehead atoms. The van der Waals surface area contributed by atoms with Gasteiger partial charge in [-0.3, -0.25) is 14.7 Å². The van der Waals surface area contributed by atoms with Crippen molar-refractivity contribution < 1.29 is 14.6 Å². The van der Waals surface area contributed by atoms with Crippen LogP contribution in [0.25, 0.3) is 6.08 Å². The van der Waals surface area contributed by atoms with E-state index in [0.29, 0.717) is 19.4 Å². The number of thioether (sulfide) groups is 1. The molecular weight excluding hydrogens is 391 g/mol. The normalized spacial score (nSPS) is 19.2. The van der Waals surface area contributed by atoms with Gasteiger partial charge in [-0.25, -0.2) is 0 Å². The highest BCUT2D eigenvalue weighted by Gasteiger charge is 2.29. The first-order valence-corrected chi connectivity index (χ1v) is 7.58. The number of phenolic OH excluding ortho intramolecular Hbond substituents is 1. The van der Waals surface area contributed by atoms with Crippen LogP contribution in [0.5, 0.6) is 11.5 Å². The molecule has 1 fully saturated rings. The molecule has 1 aliphatic heterocycles. The van der Waals surface area contributed by atoms with Gasteiger partial charge >= 0.3 is 0 Å². The Labute approximate surface area is 134 Å². The molecule has 0 atom stereocenters. The van der Waals surface area contributed by atoms with Crippen LogP contribution in [0.3, 0.4) is 0 Å². The molecular formula is C13H13IN2O3S. The zero-order chi connectivity index (χ0) is 14.9. The summed E-state index contributed by atoms with van der Waals surface area (Å²) < 4.78 is 5.78. The lowest BCUT2D eigenvalue weighted by Crippen LogP contribution is -2.23. The number of aliphatic imine (C=N–C) groups is 1. The van der Waals surface area contributed by atoms with E-state index in [9.17, 15) is 9.90 Å². The van der Waals surface area contributed by atoms with Gasteiger partial charge in [-0.15, -0.1) is 0 Å². The van der Waals surface area contributed by atoms with Crippen molar-refractivity contribution in [2.45, 2.75) is 0 Å². The van der Waals surface area contributed by atoms with Crippen LogP contribution in [0, 0.1) is 3.57 Å². The highest BCUT2D eigenvalue weighted by molar-refractivity contribution is 14.1. The molecule has 0 radical (unpaired) electrons. The van der Waals surface area contributed by atoms with Crippen LogP contribution in [0.4, 0.5) is 0 Å². The van der Waals surface area contributed by atoms with Crippen LogP contribution in [-0.2, 0) is 4.79 Å². The highest BCUT2D eigenvalue weighted by atomic mass is 127. The van der Waals surface area contributed by atoms with Gasteiger partial charge in [0.15, 0.2) is 16.7 Å². The minimum atomic E-state index is -0.0855. The summed E-state index contributed by atoms with van der Waals surface area (Å²) >= 11 is 3.35. The molecule has 1 N–H and O–H groups in total. The Hall–Kier alpha value is -1.22. The number of likely N-dealkylation sites (N-methyl/N-ethyl adjacent to an activating group) is 1. The fraction of sp³-hybridized carbons (Fsp3) is 0.231. The number of phenols is 1. The van der Waals surface area contributed by atoms with Crippen LogP contribution >= 0.6 is 34.4 Å². The number of carbonyl (C=O) groups is 1. The Kier molecular flexibility index (Phi) is 4.59. The molecule has 0 saturated carbocycles. The average Bonchev–Trinajstić information content (AvgIpc) is 2.70. The van der Waals surface area contributed by atoms with Crippen molar-refractivity contribution in [2.75, 3.05) is 21.2 Å². The minimum Gasteiger partial charge on any atom is -0.504 e. The van der Waals surface area contributed by atoms with Gasteiger partial charge in [0.05, 0.1) is 15.6 Å². The number of amidine groups is 1. The topological polar surface area (TPSA) is 62.1 Å². The molecule has 5 nitrogen and oxygen atoms in total. The van der Waals surface area contributed by atoms with Gasteiger partial charge in [0.1, 0.15) is 0 Å². The number of methoxy groups -OCH3 is 1. The maximum Gasteiger partial charge on any atom is 0.266 e. The molecule has 0 aromatic heterocycles. The second-order valence-corrected chi connectivity index (χ2v) is 6.21. The molecule has 106 valence electrons. The summed E-state index contributed by atoms with van der Waals surface area (Å²) in [5.41, 5.74) is 0.797. The van der Waals surface area contributed by atoms with E-state index in [2.05, 4.69) is 4.99 Å². The first-order valence-electron chi connectivity index (χ1n) is 5.68. The van der Waals surface area contributed by atoms with E-state index in [1.165, 1.54) is 23.8 Å². The van der Waals surface area contributed by atoms with Crippen LogP contribution in [-0.4, -0.2) is 42.3 Å². The predicted octanol–water partition coefficient (Wildman–Crippen LogP) is 2.54. The van der Waals surface area contributed by atoms with Crippen molar-refractivity contribution in [1.82, 2.24) is 4.90 Å². The number of hydrogen-bond acceptors (Lipinski definition) is 5. The molecule has 0 spiro atoms. The zero-order valence-electron chi connectivity index (χ0n) is 11.2. The maximum absolute atomic E-state index is 12.1. The molecule has 1 saturated heterocycles. The number of amides is 1. The van der Waals surface area contributed by atoms with Crippen molar-refractivity contribution in [2.24, 2.45) is 4.99 Å². The first-order chi connectivity index (χ1) is 9.47. The SMILES string of the molecule is CN=C1S/C(=C/c2cc(I)c(O)c(OC)c2)C(=O)N1C. The average molecular weight is 404 g/mol. The van der Waals surface area contributed by atoms with E-state index >= 15 is 0 Å². The Morgan fingerprint density at radius 2 is 2.20 bits per heavy atom. The third kappa shape index (κ3) is 2.78. The summed E-state index contributed by atoms with van der Waals surface area (Å²) in [5.74, 6) is 0.406. The van der Waals surface area contributed by atoms with E-state index in [4.69, 9.17) is 4.74 Å². The van der Waals surface area contributed by atoms with Gasteiger partial charge in [-0.2, -0.15) is 0 Å². The van der Waals surface area contributed by atoms with Crippen molar-refractivity contribution in [3.8, 4) is 11.5 Å². The van der Waals surface area contributed by atoms with Crippen molar-refractivity contribution in [1.29, 1.82) is 0 Å². The summed E-state index contributed by atoms with van der Waals surface area (Å²) in [6, 6.07) is 3.49. The number of carbonyl (C=O) groups excluding carboxylic acids is 1. The number of aromatic hydroxyl groups is 1. The zero-order valence-corrected chi connectivity index (χ0v) is 14.2. The quantitative estimate of drug-likeness (QED) is 0.608. The Morgan fingerprint density at radius 1 is 1.50 bits per heavy atom. The Balaban J connectivity index is 2.42. The number of halogens is 1. The lowest BCUT2D eigenvalue weighted by Gasteiger charge is -2.07. The van der Waals surface area contributed by atoms with Crippen LogP contribution in [0.15, 0.2) is 22.0 Å². The van der Waals surface area contributed by atoms with E-state index in [1.807, 2.05) is 22.6 Å². The van der Waals surface area contributed by atoms with Gasteiger partial charge in [0.25, 0.3) is 5.91 Å². The fourth-order valence-corrected chi connectivity index (χ4v) is 3.29. The second-order valence-electron chi connectivity index (χ2n) is 4.03. The van der Waals surface area contributed by atoms with Crippen LogP contribution < -0.4 is 4.74 Å². The summed E-state index contributed by atoms with van der Waals surface area (Å²) in [6.45, 7) is 0. The molecule has 0 unspecified atom stereocenters. The molecule has 20 heavy (non-hydrogen) atoms. The minimum absolute atomic E-state index is 0.0855. The summed E-state index contributed by atoms with van der Waals surface area (Å²) in [5, 5.41) is 10.5. The Morgan fingerprint density at radius 3 is 2.75 bits per heavy atom. The first kappa shape index (κ1) is 15.2. The van der Waals surface area contributed by atoms with Gasteiger partial charge in [-0.05, 0) is 58.1 Å². The van der Waals surface area contributed by atoms with Crippen molar-refractivity contribution >= 4 is 51.5 Å². The highest BCUT2D eigenvalue weighted by Crippen LogP contribution is 2.35. The lowest BCUT2D eigenvalue weighted by atomic mass is 10.2. The third-order valence-electron chi connectivity index (χ3n) is 2.76. The van der Waals surface area contributed by atoms with Gasteiger partial charge in [-0.1, -0.05) is 0 Å². The summed E-state index contributed by atoms with van der Waals surface area (Å²) in [7, 11) is 4.84. The molecule has 1 aliphatic rings. The van der Waals surface area contributed by atoms with E-state index in [-0.39, 0.29) is 11.7 Å². The predicted molar refractivity (Wildman–Crippen MR) is 89.1 cm³/mol. The largest absolute Gasteiger partial charge is 0.504 e. The molecule has 1 aromatic rings. The number of ether oxygens (including phenoxy) is 1. The fourth-order valence-electron chi connectivity index (χ4n) is 1.73. The number of benzene rings is 1. The number of hydrogen-bond donors (Lipinski definition) is 1. The Bertz CT molecular complexity index is 628. The monoisotopic (exact) mass is 404 g/mol. The smallest absolute Gasteiger partial charge is 0.266 e. The summed E-state index contributed by atoms with van der Waals surface area (Å²) in [6.07, 6.45) is 1.77.